The summed E-state index contributed by atoms with van der Waals surface area (Å²) in [6, 6.07) is 7.07. The fourth-order valence-corrected chi connectivity index (χ4v) is 2.96. The lowest BCUT2D eigenvalue weighted by molar-refractivity contribution is -0.192. The van der Waals surface area contributed by atoms with Crippen LogP contribution in [-0.4, -0.2) is 44.4 Å². The van der Waals surface area contributed by atoms with Crippen LogP contribution in [0.4, 0.5) is 18.9 Å². The Kier molecular flexibility index (Phi) is 7.85. The summed E-state index contributed by atoms with van der Waals surface area (Å²) >= 11 is 0. The van der Waals surface area contributed by atoms with Crippen LogP contribution in [0.5, 0.6) is 0 Å². The molecule has 158 valence electrons. The molecule has 3 N–H and O–H groups in total. The average molecular weight is 424 g/mol. The van der Waals surface area contributed by atoms with Crippen molar-refractivity contribution < 1.29 is 36.3 Å². The van der Waals surface area contributed by atoms with Crippen LogP contribution in [0.15, 0.2) is 24.3 Å². The molecule has 0 spiro atoms. The van der Waals surface area contributed by atoms with E-state index >= 15 is 0 Å². The minimum absolute atomic E-state index is 0.0831. The van der Waals surface area contributed by atoms with Crippen molar-refractivity contribution >= 4 is 27.6 Å². The van der Waals surface area contributed by atoms with Crippen LogP contribution in [0.25, 0.3) is 0 Å². The van der Waals surface area contributed by atoms with Gasteiger partial charge in [-0.3, -0.25) is 9.52 Å². The fourth-order valence-electron chi connectivity index (χ4n) is 2.39. The van der Waals surface area contributed by atoms with Crippen molar-refractivity contribution in [2.45, 2.75) is 44.2 Å². The molecule has 28 heavy (non-hydrogen) atoms. The van der Waals surface area contributed by atoms with Gasteiger partial charge < -0.3 is 10.4 Å². The number of unbranched alkanes of at least 4 members (excludes halogenated alkanes) is 1. The van der Waals surface area contributed by atoms with Crippen LogP contribution in [0.1, 0.15) is 38.2 Å². The van der Waals surface area contributed by atoms with E-state index in [1.165, 1.54) is 0 Å². The highest BCUT2D eigenvalue weighted by Crippen LogP contribution is 2.48. The van der Waals surface area contributed by atoms with Gasteiger partial charge in [0.05, 0.1) is 11.7 Å². The topological polar surface area (TPSA) is 113 Å². The first-order valence-corrected chi connectivity index (χ1v) is 10.4. The van der Waals surface area contributed by atoms with Crippen molar-refractivity contribution in [1.29, 1.82) is 0 Å². The maximum Gasteiger partial charge on any atom is 0.490 e. The molecule has 1 aliphatic rings. The summed E-state index contributed by atoms with van der Waals surface area (Å²) in [6.07, 6.45) is -0.226. The number of aliphatic carboxylic acids is 1. The maximum atomic E-state index is 12.3. The minimum Gasteiger partial charge on any atom is -0.475 e. The third-order valence-corrected chi connectivity index (χ3v) is 4.59. The van der Waals surface area contributed by atoms with Crippen LogP contribution in [0.3, 0.4) is 0 Å². The summed E-state index contributed by atoms with van der Waals surface area (Å²) in [5, 5.41) is 10.1. The predicted octanol–water partition coefficient (Wildman–Crippen LogP) is 2.64. The number of anilines is 1. The smallest absolute Gasteiger partial charge is 0.475 e. The normalized spacial score (nSPS) is 15.0. The van der Waals surface area contributed by atoms with E-state index in [-0.39, 0.29) is 5.91 Å². The quantitative estimate of drug-likeness (QED) is 0.583. The van der Waals surface area contributed by atoms with E-state index in [4.69, 9.17) is 9.90 Å². The fraction of sp³-hybridized carbons (Fsp3) is 0.529. The number of amides is 1. The molecule has 1 aromatic rings. The van der Waals surface area contributed by atoms with Crippen LogP contribution in [-0.2, 0) is 25.0 Å². The number of sulfonamides is 1. The van der Waals surface area contributed by atoms with Crippen molar-refractivity contribution in [3.8, 4) is 0 Å². The summed E-state index contributed by atoms with van der Waals surface area (Å²) < 4.78 is 56.5. The molecule has 1 aromatic carbocycles. The Labute approximate surface area is 161 Å². The molecule has 0 radical (unpaired) electrons. The van der Waals surface area contributed by atoms with E-state index < -0.39 is 27.6 Å². The van der Waals surface area contributed by atoms with Gasteiger partial charge in [0, 0.05) is 12.2 Å². The third-order valence-electron chi connectivity index (χ3n) is 3.98. The number of carboxylic acids is 1. The van der Waals surface area contributed by atoms with Gasteiger partial charge in [0.25, 0.3) is 0 Å². The van der Waals surface area contributed by atoms with Crippen LogP contribution in [0, 0.1) is 0 Å². The van der Waals surface area contributed by atoms with Crippen LogP contribution < -0.4 is 10.0 Å². The molecule has 1 aliphatic carbocycles. The highest BCUT2D eigenvalue weighted by molar-refractivity contribution is 7.92. The molecule has 7 nitrogen and oxygen atoms in total. The second-order valence-electron chi connectivity index (χ2n) is 6.45. The number of hydrogen-bond acceptors (Lipinski definition) is 4. The van der Waals surface area contributed by atoms with Crippen LogP contribution >= 0.6 is 0 Å². The number of carbonyl (C=O) groups excluding carboxylic acids is 1. The van der Waals surface area contributed by atoms with Gasteiger partial charge in [0.1, 0.15) is 0 Å². The van der Waals surface area contributed by atoms with Gasteiger partial charge in [-0.25, -0.2) is 13.2 Å². The first-order chi connectivity index (χ1) is 12.8. The summed E-state index contributed by atoms with van der Waals surface area (Å²) in [6.45, 7) is 2.80. The monoisotopic (exact) mass is 424 g/mol. The Bertz CT molecular complexity index is 788. The zero-order valence-corrected chi connectivity index (χ0v) is 16.3. The highest BCUT2D eigenvalue weighted by atomic mass is 32.2. The van der Waals surface area contributed by atoms with Crippen molar-refractivity contribution in [2.24, 2.45) is 0 Å². The first-order valence-electron chi connectivity index (χ1n) is 8.48. The second kappa shape index (κ2) is 9.26. The molecule has 0 aromatic heterocycles. The van der Waals surface area contributed by atoms with E-state index in [2.05, 4.69) is 17.0 Å². The SMILES string of the molecule is CCCCNC(=O)C1(c2ccc(NS(C)(=O)=O)cc2)CC1.O=C(O)C(F)(F)F. The van der Waals surface area contributed by atoms with Crippen molar-refractivity contribution in [2.75, 3.05) is 17.5 Å². The van der Waals surface area contributed by atoms with Crippen molar-refractivity contribution in [3.63, 3.8) is 0 Å². The molecule has 0 saturated heterocycles. The largest absolute Gasteiger partial charge is 0.490 e. The maximum absolute atomic E-state index is 12.3. The second-order valence-corrected chi connectivity index (χ2v) is 8.19. The Morgan fingerprint density at radius 2 is 1.68 bits per heavy atom. The molecule has 0 bridgehead atoms. The van der Waals surface area contributed by atoms with Gasteiger partial charge in [0.15, 0.2) is 0 Å². The first kappa shape index (κ1) is 23.7. The lowest BCUT2D eigenvalue weighted by Gasteiger charge is -2.16. The van der Waals surface area contributed by atoms with Gasteiger partial charge in [0.2, 0.25) is 15.9 Å². The Morgan fingerprint density at radius 1 is 1.18 bits per heavy atom. The molecule has 2 rings (SSSR count). The number of alkyl halides is 3. The summed E-state index contributed by atoms with van der Waals surface area (Å²) in [7, 11) is -3.27. The Morgan fingerprint density at radius 3 is 2.04 bits per heavy atom. The number of carboxylic acid groups (broad SMARTS) is 1. The van der Waals surface area contributed by atoms with Crippen molar-refractivity contribution in [1.82, 2.24) is 5.32 Å². The van der Waals surface area contributed by atoms with E-state index in [9.17, 15) is 26.4 Å². The molecule has 0 aliphatic heterocycles. The van der Waals surface area contributed by atoms with Gasteiger partial charge in [-0.2, -0.15) is 13.2 Å². The van der Waals surface area contributed by atoms with Gasteiger partial charge in [-0.15, -0.1) is 0 Å². The molecule has 0 heterocycles. The summed E-state index contributed by atoms with van der Waals surface area (Å²) in [5.41, 5.74) is 1.07. The predicted molar refractivity (Wildman–Crippen MR) is 97.4 cm³/mol. The molecule has 1 saturated carbocycles. The van der Waals surface area contributed by atoms with E-state index in [1.54, 1.807) is 12.1 Å². The number of halogens is 3. The minimum atomic E-state index is -5.08. The zero-order chi connectivity index (χ0) is 21.6. The van der Waals surface area contributed by atoms with Crippen molar-refractivity contribution in [3.05, 3.63) is 29.8 Å². The van der Waals surface area contributed by atoms with Gasteiger partial charge in [-0.1, -0.05) is 25.5 Å². The molecule has 0 atom stereocenters. The number of carbonyl (C=O) groups is 2. The molecular weight excluding hydrogens is 401 g/mol. The number of benzene rings is 1. The van der Waals surface area contributed by atoms with E-state index in [0.29, 0.717) is 12.2 Å². The summed E-state index contributed by atoms with van der Waals surface area (Å²) in [4.78, 5) is 21.2. The standard InChI is InChI=1S/C15H22N2O3S.C2HF3O2/c1-3-4-11-16-14(18)15(9-10-15)12-5-7-13(8-6-12)17-21(2,19)20;3-2(4,5)1(6)7/h5-8,17H,3-4,9-11H2,1-2H3,(H,16,18);(H,6,7). The van der Waals surface area contributed by atoms with E-state index in [0.717, 1.165) is 37.5 Å². The molecule has 1 fully saturated rings. The molecular formula is C17H23F3N2O5S. The molecule has 0 unspecified atom stereocenters. The van der Waals surface area contributed by atoms with Gasteiger partial charge in [-0.05, 0) is 37.0 Å². The van der Waals surface area contributed by atoms with Gasteiger partial charge >= 0.3 is 12.1 Å². The number of hydrogen-bond donors (Lipinski definition) is 3. The lowest BCUT2D eigenvalue weighted by Crippen LogP contribution is -2.35. The zero-order valence-electron chi connectivity index (χ0n) is 15.5. The average Bonchev–Trinajstić information content (AvgIpc) is 3.36. The van der Waals surface area contributed by atoms with E-state index in [1.807, 2.05) is 12.1 Å². The van der Waals surface area contributed by atoms with Crippen LogP contribution in [0.2, 0.25) is 0 Å². The highest BCUT2D eigenvalue weighted by Gasteiger charge is 2.50. The Balaban J connectivity index is 0.000000480. The Hall–Kier alpha value is -2.30. The molecule has 1 amide bonds. The summed E-state index contributed by atoms with van der Waals surface area (Å²) in [5.74, 6) is -2.67. The third kappa shape index (κ3) is 7.37. The lowest BCUT2D eigenvalue weighted by atomic mass is 9.94. The number of nitrogens with one attached hydrogen (secondary N) is 2. The number of rotatable bonds is 7. The molecule has 11 heteroatoms.